The summed E-state index contributed by atoms with van der Waals surface area (Å²) < 4.78 is 9.71. The molecule has 0 atom stereocenters. The second-order valence-electron chi connectivity index (χ2n) is 4.01. The number of rotatable bonds is 5. The number of carbonyl (C=O) groups is 2. The van der Waals surface area contributed by atoms with E-state index >= 15 is 0 Å². The maximum atomic E-state index is 11.5. The molecular formula is C15H13NO4. The van der Waals surface area contributed by atoms with Gasteiger partial charge in [-0.25, -0.2) is 4.79 Å². The van der Waals surface area contributed by atoms with Crippen LogP contribution in [0.1, 0.15) is 16.1 Å². The lowest BCUT2D eigenvalue weighted by atomic mass is 10.2. The molecule has 1 aromatic heterocycles. The number of ketones is 1. The first-order valence-electron chi connectivity index (χ1n) is 5.92. The van der Waals surface area contributed by atoms with Crippen LogP contribution in [0.5, 0.6) is 0 Å². The number of Topliss-reactive ketones (excluding diaryl/α,β-unsaturated/α-hetero) is 1. The number of hydrogen-bond acceptors (Lipinski definition) is 5. The molecule has 5 heteroatoms. The van der Waals surface area contributed by atoms with Gasteiger partial charge >= 0.3 is 5.97 Å². The highest BCUT2D eigenvalue weighted by atomic mass is 16.5. The van der Waals surface area contributed by atoms with E-state index in [2.05, 4.69) is 0 Å². The van der Waals surface area contributed by atoms with Crippen LogP contribution in [0.3, 0.4) is 0 Å². The Bertz CT molecular complexity index is 629. The second-order valence-corrected chi connectivity index (χ2v) is 4.01. The standard InChI is InChI=1S/C15H13NO4/c16-12-4-1-3-11(9-12)6-7-15(18)20-10-13(17)14-5-2-8-19-14/h1-9H,10,16H2/b7-6+. The molecule has 20 heavy (non-hydrogen) atoms. The first-order valence-corrected chi connectivity index (χ1v) is 5.92. The largest absolute Gasteiger partial charge is 0.461 e. The zero-order valence-corrected chi connectivity index (χ0v) is 10.6. The Balaban J connectivity index is 1.85. The quantitative estimate of drug-likeness (QED) is 0.390. The van der Waals surface area contributed by atoms with Gasteiger partial charge in [-0.15, -0.1) is 0 Å². The summed E-state index contributed by atoms with van der Waals surface area (Å²) in [5.74, 6) is -0.828. The van der Waals surface area contributed by atoms with E-state index in [-0.39, 0.29) is 18.2 Å². The number of esters is 1. The second kappa shape index (κ2) is 6.38. The van der Waals surface area contributed by atoms with Gasteiger partial charge in [0.1, 0.15) is 0 Å². The number of nitrogens with two attached hydrogens (primary N) is 1. The molecule has 2 aromatic rings. The van der Waals surface area contributed by atoms with Gasteiger partial charge in [0.15, 0.2) is 12.4 Å². The van der Waals surface area contributed by atoms with Gasteiger partial charge in [0.2, 0.25) is 5.78 Å². The van der Waals surface area contributed by atoms with Crippen LogP contribution in [0.15, 0.2) is 53.2 Å². The minimum absolute atomic E-state index is 0.164. The number of carbonyl (C=O) groups excluding carboxylic acids is 2. The topological polar surface area (TPSA) is 82.5 Å². The monoisotopic (exact) mass is 271 g/mol. The van der Waals surface area contributed by atoms with Gasteiger partial charge in [-0.3, -0.25) is 4.79 Å². The number of hydrogen-bond donors (Lipinski definition) is 1. The fourth-order valence-corrected chi connectivity index (χ4v) is 1.52. The molecule has 2 N–H and O–H groups in total. The highest BCUT2D eigenvalue weighted by Crippen LogP contribution is 2.08. The zero-order valence-electron chi connectivity index (χ0n) is 10.6. The van der Waals surface area contributed by atoms with Crippen LogP contribution in [0.2, 0.25) is 0 Å². The van der Waals surface area contributed by atoms with Crippen molar-refractivity contribution in [3.8, 4) is 0 Å². The smallest absolute Gasteiger partial charge is 0.331 e. The normalized spacial score (nSPS) is 10.6. The summed E-state index contributed by atoms with van der Waals surface area (Å²) in [6.07, 6.45) is 4.19. The van der Waals surface area contributed by atoms with E-state index in [0.29, 0.717) is 5.69 Å². The number of benzene rings is 1. The lowest BCUT2D eigenvalue weighted by Crippen LogP contribution is -2.11. The third kappa shape index (κ3) is 3.84. The van der Waals surface area contributed by atoms with E-state index in [4.69, 9.17) is 14.9 Å². The van der Waals surface area contributed by atoms with Crippen LogP contribution in [-0.4, -0.2) is 18.4 Å². The van der Waals surface area contributed by atoms with Gasteiger partial charge in [-0.05, 0) is 35.9 Å². The maximum absolute atomic E-state index is 11.5. The van der Waals surface area contributed by atoms with Gasteiger partial charge in [0.25, 0.3) is 0 Å². The van der Waals surface area contributed by atoms with E-state index in [1.807, 2.05) is 0 Å². The summed E-state index contributed by atoms with van der Waals surface area (Å²) in [6.45, 7) is -0.354. The molecule has 0 aliphatic heterocycles. The summed E-state index contributed by atoms with van der Waals surface area (Å²) in [5, 5.41) is 0. The molecule has 0 aliphatic carbocycles. The van der Waals surface area contributed by atoms with Crippen LogP contribution in [0.4, 0.5) is 5.69 Å². The molecule has 102 valence electrons. The zero-order chi connectivity index (χ0) is 14.4. The van der Waals surface area contributed by atoms with Crippen molar-refractivity contribution in [1.29, 1.82) is 0 Å². The highest BCUT2D eigenvalue weighted by Gasteiger charge is 2.10. The molecule has 0 saturated carbocycles. The summed E-state index contributed by atoms with van der Waals surface area (Å²) in [5.41, 5.74) is 6.99. The van der Waals surface area contributed by atoms with Crippen molar-refractivity contribution in [1.82, 2.24) is 0 Å². The summed E-state index contributed by atoms with van der Waals surface area (Å²) in [6, 6.07) is 10.2. The number of ether oxygens (including phenoxy) is 1. The molecule has 0 aliphatic rings. The van der Waals surface area contributed by atoms with Crippen molar-refractivity contribution in [3.05, 3.63) is 60.1 Å². The molecule has 2 rings (SSSR count). The van der Waals surface area contributed by atoms with Crippen molar-refractivity contribution < 1.29 is 18.7 Å². The van der Waals surface area contributed by atoms with Crippen LogP contribution in [0.25, 0.3) is 6.08 Å². The van der Waals surface area contributed by atoms with E-state index in [0.717, 1.165) is 5.56 Å². The van der Waals surface area contributed by atoms with Crippen molar-refractivity contribution >= 4 is 23.5 Å². The minimum Gasteiger partial charge on any atom is -0.461 e. The molecular weight excluding hydrogens is 258 g/mol. The number of furan rings is 1. The van der Waals surface area contributed by atoms with Gasteiger partial charge < -0.3 is 14.9 Å². The van der Waals surface area contributed by atoms with E-state index in [1.165, 1.54) is 18.4 Å². The average molecular weight is 271 g/mol. The Kier molecular flexibility index (Phi) is 4.34. The molecule has 0 fully saturated rings. The number of anilines is 1. The van der Waals surface area contributed by atoms with Crippen LogP contribution in [-0.2, 0) is 9.53 Å². The van der Waals surface area contributed by atoms with Crippen LogP contribution in [0, 0.1) is 0 Å². The first kappa shape index (κ1) is 13.6. The Morgan fingerprint density at radius 1 is 1.25 bits per heavy atom. The Hall–Kier alpha value is -2.82. The Morgan fingerprint density at radius 2 is 2.10 bits per heavy atom. The maximum Gasteiger partial charge on any atom is 0.331 e. The first-order chi connectivity index (χ1) is 9.65. The molecule has 1 aromatic carbocycles. The fourth-order valence-electron chi connectivity index (χ4n) is 1.52. The lowest BCUT2D eigenvalue weighted by molar-refractivity contribution is -0.136. The third-order valence-electron chi connectivity index (χ3n) is 2.46. The molecule has 0 unspecified atom stereocenters. The Morgan fingerprint density at radius 3 is 2.80 bits per heavy atom. The minimum atomic E-state index is -0.604. The summed E-state index contributed by atoms with van der Waals surface area (Å²) >= 11 is 0. The predicted octanol–water partition coefficient (Wildman–Crippen LogP) is 2.30. The summed E-state index contributed by atoms with van der Waals surface area (Å²) in [4.78, 5) is 23.0. The van der Waals surface area contributed by atoms with Crippen LogP contribution < -0.4 is 5.73 Å². The third-order valence-corrected chi connectivity index (χ3v) is 2.46. The SMILES string of the molecule is Nc1cccc(/C=C/C(=O)OCC(=O)c2ccco2)c1. The number of nitrogen functional groups attached to an aromatic ring is 1. The predicted molar refractivity (Wildman–Crippen MR) is 73.9 cm³/mol. The van der Waals surface area contributed by atoms with E-state index in [1.54, 1.807) is 36.4 Å². The van der Waals surface area contributed by atoms with Gasteiger partial charge in [0, 0.05) is 11.8 Å². The van der Waals surface area contributed by atoms with Crippen molar-refractivity contribution in [2.75, 3.05) is 12.3 Å². The van der Waals surface area contributed by atoms with Crippen LogP contribution >= 0.6 is 0 Å². The molecule has 0 bridgehead atoms. The van der Waals surface area contributed by atoms with Crippen molar-refractivity contribution in [2.24, 2.45) is 0 Å². The van der Waals surface area contributed by atoms with Gasteiger partial charge in [-0.1, -0.05) is 12.1 Å². The molecule has 0 saturated heterocycles. The molecule has 5 nitrogen and oxygen atoms in total. The molecule has 0 spiro atoms. The molecule has 1 heterocycles. The lowest BCUT2D eigenvalue weighted by Gasteiger charge is -1.99. The molecule has 0 amide bonds. The van der Waals surface area contributed by atoms with Gasteiger partial charge in [-0.2, -0.15) is 0 Å². The van der Waals surface area contributed by atoms with Gasteiger partial charge in [0.05, 0.1) is 6.26 Å². The van der Waals surface area contributed by atoms with Crippen molar-refractivity contribution in [3.63, 3.8) is 0 Å². The van der Waals surface area contributed by atoms with E-state index in [9.17, 15) is 9.59 Å². The Labute approximate surface area is 115 Å². The van der Waals surface area contributed by atoms with E-state index < -0.39 is 5.97 Å². The fraction of sp³-hybridized carbons (Fsp3) is 0.0667. The average Bonchev–Trinajstić information content (AvgIpc) is 2.97. The summed E-state index contributed by atoms with van der Waals surface area (Å²) in [7, 11) is 0. The molecule has 0 radical (unpaired) electrons. The van der Waals surface area contributed by atoms with Crippen molar-refractivity contribution in [2.45, 2.75) is 0 Å². The highest BCUT2D eigenvalue weighted by molar-refractivity contribution is 5.96.